The lowest BCUT2D eigenvalue weighted by Gasteiger charge is -2.18. The van der Waals surface area contributed by atoms with E-state index in [0.717, 1.165) is 40.1 Å². The van der Waals surface area contributed by atoms with Crippen molar-refractivity contribution in [3.8, 4) is 0 Å². The molecule has 0 bridgehead atoms. The lowest BCUT2D eigenvalue weighted by molar-refractivity contribution is -0.121. The molecule has 2 aromatic heterocycles. The number of para-hydroxylation sites is 1. The first-order chi connectivity index (χ1) is 15.1. The van der Waals surface area contributed by atoms with Gasteiger partial charge in [0.1, 0.15) is 11.6 Å². The molecule has 1 atom stereocenters. The molecule has 4 aromatic rings. The van der Waals surface area contributed by atoms with Gasteiger partial charge in [-0.2, -0.15) is 0 Å². The van der Waals surface area contributed by atoms with E-state index in [4.69, 9.17) is 0 Å². The molecule has 0 saturated carbocycles. The van der Waals surface area contributed by atoms with Crippen LogP contribution >= 0.6 is 0 Å². The summed E-state index contributed by atoms with van der Waals surface area (Å²) >= 11 is 0. The molecule has 0 saturated heterocycles. The monoisotopic (exact) mass is 419 g/mol. The van der Waals surface area contributed by atoms with E-state index in [-0.39, 0.29) is 12.3 Å². The van der Waals surface area contributed by atoms with E-state index in [1.54, 1.807) is 12.4 Å². The van der Waals surface area contributed by atoms with Gasteiger partial charge in [0.25, 0.3) is 0 Å². The second-order valence-electron chi connectivity index (χ2n) is 7.49. The highest BCUT2D eigenvalue weighted by Gasteiger charge is 2.24. The Bertz CT molecular complexity index is 1200. The molecule has 2 N–H and O–H groups in total. The molecule has 158 valence electrons. The summed E-state index contributed by atoms with van der Waals surface area (Å²) in [5.41, 5.74) is 4.15. The summed E-state index contributed by atoms with van der Waals surface area (Å²) in [5.74, 6) is -2.08. The van der Waals surface area contributed by atoms with E-state index < -0.39 is 17.6 Å². The molecule has 0 spiro atoms. The molecule has 0 radical (unpaired) electrons. The van der Waals surface area contributed by atoms with Crippen molar-refractivity contribution in [1.29, 1.82) is 0 Å². The number of rotatable bonds is 7. The van der Waals surface area contributed by atoms with Gasteiger partial charge >= 0.3 is 0 Å². The molecule has 0 aliphatic rings. The molecule has 2 aromatic carbocycles. The van der Waals surface area contributed by atoms with Gasteiger partial charge in [-0.25, -0.2) is 8.78 Å². The molecule has 2 heterocycles. The van der Waals surface area contributed by atoms with Crippen molar-refractivity contribution in [2.24, 2.45) is 0 Å². The zero-order valence-electron chi connectivity index (χ0n) is 17.2. The standard InChI is InChI=1S/C25H23F2N3O/c1-2-17-4-3-5-20-22(15-30-25(17)20)21(19-7-6-18(26)12-23(19)27)13-24(31)29-14-16-8-10-28-11-9-16/h3-12,15,21,30H,2,13-14H2,1H3,(H,29,31). The molecule has 1 unspecified atom stereocenters. The highest BCUT2D eigenvalue weighted by Crippen LogP contribution is 2.36. The number of nitrogens with one attached hydrogen (secondary N) is 2. The number of carbonyl (C=O) groups is 1. The maximum atomic E-state index is 14.8. The fourth-order valence-corrected chi connectivity index (χ4v) is 3.95. The summed E-state index contributed by atoms with van der Waals surface area (Å²) in [4.78, 5) is 20.0. The molecule has 1 amide bonds. The van der Waals surface area contributed by atoms with Crippen LogP contribution in [-0.2, 0) is 17.8 Å². The molecule has 0 fully saturated rings. The molecular weight excluding hydrogens is 396 g/mol. The average molecular weight is 419 g/mol. The van der Waals surface area contributed by atoms with Crippen LogP contribution in [0.15, 0.2) is 67.1 Å². The Balaban J connectivity index is 1.68. The fourth-order valence-electron chi connectivity index (χ4n) is 3.95. The molecule has 0 aliphatic heterocycles. The lowest BCUT2D eigenvalue weighted by atomic mass is 9.87. The van der Waals surface area contributed by atoms with Crippen LogP contribution in [0, 0.1) is 11.6 Å². The molecule has 6 heteroatoms. The van der Waals surface area contributed by atoms with Gasteiger partial charge in [-0.1, -0.05) is 31.2 Å². The minimum atomic E-state index is -0.659. The number of nitrogens with zero attached hydrogens (tertiary/aromatic N) is 1. The second-order valence-corrected chi connectivity index (χ2v) is 7.49. The van der Waals surface area contributed by atoms with Gasteiger partial charge in [0.05, 0.1) is 0 Å². The second kappa shape index (κ2) is 9.08. The van der Waals surface area contributed by atoms with Crippen molar-refractivity contribution in [1.82, 2.24) is 15.3 Å². The number of carbonyl (C=O) groups excluding carboxylic acids is 1. The number of fused-ring (bicyclic) bond motifs is 1. The molecule has 4 rings (SSSR count). The van der Waals surface area contributed by atoms with Crippen molar-refractivity contribution in [2.75, 3.05) is 0 Å². The largest absolute Gasteiger partial charge is 0.361 e. The van der Waals surface area contributed by atoms with Gasteiger partial charge in [0.15, 0.2) is 0 Å². The summed E-state index contributed by atoms with van der Waals surface area (Å²) in [5, 5.41) is 3.83. The van der Waals surface area contributed by atoms with Crippen LogP contribution in [0.1, 0.15) is 41.5 Å². The van der Waals surface area contributed by atoms with Crippen LogP contribution in [0.5, 0.6) is 0 Å². The first kappa shape index (κ1) is 20.7. The van der Waals surface area contributed by atoms with E-state index in [9.17, 15) is 13.6 Å². The summed E-state index contributed by atoms with van der Waals surface area (Å²) in [6.07, 6.45) is 6.04. The van der Waals surface area contributed by atoms with Gasteiger partial charge in [0.2, 0.25) is 5.91 Å². The minimum absolute atomic E-state index is 0.0386. The number of pyridine rings is 1. The summed E-state index contributed by atoms with van der Waals surface area (Å²) in [6.45, 7) is 2.42. The Morgan fingerprint density at radius 3 is 2.65 bits per heavy atom. The Morgan fingerprint density at radius 2 is 1.90 bits per heavy atom. The van der Waals surface area contributed by atoms with Crippen molar-refractivity contribution >= 4 is 16.8 Å². The number of hydrogen-bond acceptors (Lipinski definition) is 2. The van der Waals surface area contributed by atoms with Gasteiger partial charge in [-0.05, 0) is 46.9 Å². The third-order valence-electron chi connectivity index (χ3n) is 5.56. The van der Waals surface area contributed by atoms with Crippen LogP contribution in [0.4, 0.5) is 8.78 Å². The van der Waals surface area contributed by atoms with Crippen LogP contribution in [0.3, 0.4) is 0 Å². The van der Waals surface area contributed by atoms with Crippen LogP contribution in [0.2, 0.25) is 0 Å². The van der Waals surface area contributed by atoms with E-state index in [1.807, 2.05) is 36.5 Å². The van der Waals surface area contributed by atoms with E-state index >= 15 is 0 Å². The minimum Gasteiger partial charge on any atom is -0.361 e. The first-order valence-electron chi connectivity index (χ1n) is 10.3. The number of benzene rings is 2. The molecular formula is C25H23F2N3O. The van der Waals surface area contributed by atoms with Gasteiger partial charge in [-0.15, -0.1) is 0 Å². The highest BCUT2D eigenvalue weighted by atomic mass is 19.1. The topological polar surface area (TPSA) is 57.8 Å². The average Bonchev–Trinajstić information content (AvgIpc) is 3.21. The first-order valence-corrected chi connectivity index (χ1v) is 10.3. The number of aromatic nitrogens is 2. The van der Waals surface area contributed by atoms with Gasteiger partial charge in [0, 0.05) is 54.4 Å². The number of hydrogen-bond donors (Lipinski definition) is 2. The molecule has 0 aliphatic carbocycles. The molecule has 4 nitrogen and oxygen atoms in total. The Labute approximate surface area is 179 Å². The third kappa shape index (κ3) is 4.48. The van der Waals surface area contributed by atoms with Gasteiger partial charge < -0.3 is 10.3 Å². The van der Waals surface area contributed by atoms with Crippen molar-refractivity contribution < 1.29 is 13.6 Å². The number of aromatic amines is 1. The van der Waals surface area contributed by atoms with Crippen molar-refractivity contribution in [3.05, 3.63) is 101 Å². The quantitative estimate of drug-likeness (QED) is 0.430. The SMILES string of the molecule is CCc1cccc2c(C(CC(=O)NCc3ccncc3)c3ccc(F)cc3F)c[nH]c12. The maximum absolute atomic E-state index is 14.8. The lowest BCUT2D eigenvalue weighted by Crippen LogP contribution is -2.25. The van der Waals surface area contributed by atoms with Crippen LogP contribution in [-0.4, -0.2) is 15.9 Å². The van der Waals surface area contributed by atoms with Gasteiger partial charge in [-0.3, -0.25) is 9.78 Å². The normalized spacial score (nSPS) is 12.1. The summed E-state index contributed by atoms with van der Waals surface area (Å²) in [6, 6.07) is 13.1. The highest BCUT2D eigenvalue weighted by molar-refractivity contribution is 5.88. The Hall–Kier alpha value is -3.54. The number of aryl methyl sites for hydroxylation is 1. The predicted molar refractivity (Wildman–Crippen MR) is 117 cm³/mol. The van der Waals surface area contributed by atoms with Crippen molar-refractivity contribution in [2.45, 2.75) is 32.2 Å². The Kier molecular flexibility index (Phi) is 6.07. The summed E-state index contributed by atoms with van der Waals surface area (Å²) in [7, 11) is 0. The zero-order chi connectivity index (χ0) is 21.8. The third-order valence-corrected chi connectivity index (χ3v) is 5.56. The Morgan fingerprint density at radius 1 is 1.10 bits per heavy atom. The maximum Gasteiger partial charge on any atom is 0.221 e. The predicted octanol–water partition coefficient (Wildman–Crippen LogP) is 5.24. The zero-order valence-corrected chi connectivity index (χ0v) is 17.2. The van der Waals surface area contributed by atoms with Crippen LogP contribution in [0.25, 0.3) is 10.9 Å². The molecule has 31 heavy (non-hydrogen) atoms. The van der Waals surface area contributed by atoms with Crippen LogP contribution < -0.4 is 5.32 Å². The number of halogens is 2. The van der Waals surface area contributed by atoms with E-state index in [1.165, 1.54) is 12.1 Å². The van der Waals surface area contributed by atoms with Crippen molar-refractivity contribution in [3.63, 3.8) is 0 Å². The van der Waals surface area contributed by atoms with E-state index in [2.05, 4.69) is 22.2 Å². The fraction of sp³-hybridized carbons (Fsp3) is 0.200. The number of amides is 1. The smallest absolute Gasteiger partial charge is 0.221 e. The number of H-pyrrole nitrogens is 1. The van der Waals surface area contributed by atoms with E-state index in [0.29, 0.717) is 12.1 Å². The summed E-state index contributed by atoms with van der Waals surface area (Å²) < 4.78 is 28.3.